The summed E-state index contributed by atoms with van der Waals surface area (Å²) in [5.41, 5.74) is 10.7. The average Bonchev–Trinajstić information content (AvgIpc) is 3.56. The number of anilines is 1. The molecular formula is C45H47NO2S. The van der Waals surface area contributed by atoms with Crippen LogP contribution in [0.1, 0.15) is 66.3 Å². The Morgan fingerprint density at radius 3 is 2.47 bits per heavy atom. The molecule has 4 heteroatoms. The van der Waals surface area contributed by atoms with Gasteiger partial charge in [-0.1, -0.05) is 81.5 Å². The van der Waals surface area contributed by atoms with Crippen molar-refractivity contribution in [3.63, 3.8) is 0 Å². The fourth-order valence-electron chi connectivity index (χ4n) is 7.31. The van der Waals surface area contributed by atoms with Crippen LogP contribution >= 0.6 is 11.3 Å². The van der Waals surface area contributed by atoms with Crippen molar-refractivity contribution in [3.8, 4) is 11.5 Å². The number of rotatable bonds is 8. The zero-order valence-electron chi connectivity index (χ0n) is 29.9. The molecule has 0 amide bonds. The lowest BCUT2D eigenvalue weighted by atomic mass is 9.75. The molecule has 7 rings (SSSR count). The minimum atomic E-state index is 0.184. The lowest BCUT2D eigenvalue weighted by molar-refractivity contribution is 0.325. The fourth-order valence-corrected chi connectivity index (χ4v) is 8.66. The van der Waals surface area contributed by atoms with Crippen molar-refractivity contribution < 1.29 is 9.47 Å². The van der Waals surface area contributed by atoms with Crippen LogP contribution < -0.4 is 14.4 Å². The Balaban J connectivity index is 1.15. The topological polar surface area (TPSA) is 21.7 Å². The summed E-state index contributed by atoms with van der Waals surface area (Å²) in [6, 6.07) is 23.7. The molecule has 0 radical (unpaired) electrons. The molecule has 1 aliphatic heterocycles. The zero-order valence-corrected chi connectivity index (χ0v) is 30.8. The molecule has 1 aromatic heterocycles. The van der Waals surface area contributed by atoms with Crippen LogP contribution in [0.4, 0.5) is 5.69 Å². The van der Waals surface area contributed by atoms with Crippen LogP contribution in [-0.4, -0.2) is 13.2 Å². The molecule has 0 saturated heterocycles. The number of thiophene rings is 1. The highest BCUT2D eigenvalue weighted by molar-refractivity contribution is 7.20. The van der Waals surface area contributed by atoms with Gasteiger partial charge in [0.1, 0.15) is 12.4 Å². The molecule has 0 unspecified atom stereocenters. The number of aryl methyl sites for hydroxylation is 5. The molecule has 3 nitrogen and oxygen atoms in total. The highest BCUT2D eigenvalue weighted by Gasteiger charge is 2.28. The second-order valence-corrected chi connectivity index (χ2v) is 15.6. The molecule has 0 saturated carbocycles. The normalized spacial score (nSPS) is 17.4. The third-order valence-corrected chi connectivity index (χ3v) is 11.2. The van der Waals surface area contributed by atoms with Gasteiger partial charge in [-0.15, -0.1) is 11.3 Å². The first-order valence-electron chi connectivity index (χ1n) is 17.6. The van der Waals surface area contributed by atoms with E-state index in [-0.39, 0.29) is 5.41 Å². The average molecular weight is 666 g/mol. The van der Waals surface area contributed by atoms with Gasteiger partial charge in [0.05, 0.1) is 12.2 Å². The van der Waals surface area contributed by atoms with E-state index in [4.69, 9.17) is 9.47 Å². The Morgan fingerprint density at radius 1 is 0.878 bits per heavy atom. The van der Waals surface area contributed by atoms with Gasteiger partial charge in [-0.3, -0.25) is 0 Å². The van der Waals surface area contributed by atoms with Gasteiger partial charge in [-0.05, 0) is 139 Å². The molecule has 0 N–H and O–H groups in total. The quantitative estimate of drug-likeness (QED) is 0.165. The Bertz CT molecular complexity index is 2190. The van der Waals surface area contributed by atoms with Crippen molar-refractivity contribution in [1.29, 1.82) is 0 Å². The molecule has 5 aromatic rings. The Labute approximate surface area is 295 Å². The number of allylic oxidation sites excluding steroid dienone is 6. The first kappa shape index (κ1) is 33.0. The van der Waals surface area contributed by atoms with Gasteiger partial charge in [-0.25, -0.2) is 0 Å². The van der Waals surface area contributed by atoms with Gasteiger partial charge >= 0.3 is 0 Å². The molecular weight excluding hydrogens is 619 g/mol. The minimum Gasteiger partial charge on any atom is -0.491 e. The summed E-state index contributed by atoms with van der Waals surface area (Å²) in [4.78, 5) is 3.65. The molecule has 0 fully saturated rings. The molecule has 4 aromatic carbocycles. The van der Waals surface area contributed by atoms with E-state index in [2.05, 4.69) is 150 Å². The van der Waals surface area contributed by atoms with Gasteiger partial charge in [0.2, 0.25) is 5.88 Å². The molecule has 1 aliphatic carbocycles. The largest absolute Gasteiger partial charge is 0.491 e. The van der Waals surface area contributed by atoms with E-state index >= 15 is 0 Å². The summed E-state index contributed by atoms with van der Waals surface area (Å²) in [6.07, 6.45) is 14.6. The maximum absolute atomic E-state index is 6.48. The molecule has 49 heavy (non-hydrogen) atoms. The first-order valence-corrected chi connectivity index (χ1v) is 18.4. The number of nitrogens with zero attached hydrogens (tertiary/aromatic N) is 1. The van der Waals surface area contributed by atoms with Crippen LogP contribution in [0.2, 0.25) is 0 Å². The van der Waals surface area contributed by atoms with Gasteiger partial charge in [-0.2, -0.15) is 0 Å². The SMILES string of the molecule is CCc1c(C=C2C=C(/C=C/C=C3\Oc4cc(C)c(C)cc4N3CCOc3cccc4ccccc34)CC(C)(C)C2)sc2cc(C)c(C)cc12. The number of hydrogen-bond acceptors (Lipinski definition) is 4. The standard InChI is InChI=1S/C45H47NO2S/c1-8-36-38-21-29(2)32(5)24-42(38)49-43(36)26-34-25-33(27-45(6,7)28-34)13-11-18-44-46(39-22-30(3)31(4)23-41(39)48-44)19-20-47-40-17-12-15-35-14-9-10-16-37(35)40/h9-18,21-26H,8,19-20,27-28H2,1-7H3/b13-11+,34-26?,44-18-. The van der Waals surface area contributed by atoms with Crippen molar-refractivity contribution in [3.05, 3.63) is 141 Å². The predicted octanol–water partition coefficient (Wildman–Crippen LogP) is 12.4. The second kappa shape index (κ2) is 13.4. The maximum atomic E-state index is 6.48. The Hall–Kier alpha value is -4.54. The van der Waals surface area contributed by atoms with Crippen LogP contribution in [0.25, 0.3) is 26.9 Å². The van der Waals surface area contributed by atoms with E-state index in [1.54, 1.807) is 0 Å². The molecule has 2 heterocycles. The fraction of sp³-hybridized carbons (Fsp3) is 0.289. The van der Waals surface area contributed by atoms with Crippen molar-refractivity contribution in [2.75, 3.05) is 18.1 Å². The summed E-state index contributed by atoms with van der Waals surface area (Å²) < 4.78 is 14.2. The Morgan fingerprint density at radius 2 is 1.63 bits per heavy atom. The van der Waals surface area contributed by atoms with Crippen LogP contribution in [-0.2, 0) is 6.42 Å². The molecule has 250 valence electrons. The third-order valence-electron chi connectivity index (χ3n) is 10.1. The lowest BCUT2D eigenvalue weighted by Gasteiger charge is -2.30. The zero-order chi connectivity index (χ0) is 34.3. The van der Waals surface area contributed by atoms with Crippen molar-refractivity contribution in [2.45, 2.75) is 67.7 Å². The minimum absolute atomic E-state index is 0.184. The van der Waals surface area contributed by atoms with Crippen molar-refractivity contribution in [2.24, 2.45) is 5.41 Å². The van der Waals surface area contributed by atoms with E-state index in [1.165, 1.54) is 59.3 Å². The predicted molar refractivity (Wildman–Crippen MR) is 210 cm³/mol. The van der Waals surface area contributed by atoms with Gasteiger partial charge in [0.25, 0.3) is 0 Å². The first-order chi connectivity index (χ1) is 23.6. The summed E-state index contributed by atoms with van der Waals surface area (Å²) in [7, 11) is 0. The molecule has 2 aliphatic rings. The third kappa shape index (κ3) is 6.85. The van der Waals surface area contributed by atoms with Crippen LogP contribution in [0.15, 0.2) is 108 Å². The summed E-state index contributed by atoms with van der Waals surface area (Å²) in [5.74, 6) is 2.64. The highest BCUT2D eigenvalue weighted by Crippen LogP contribution is 2.43. The van der Waals surface area contributed by atoms with Crippen LogP contribution in [0.3, 0.4) is 0 Å². The van der Waals surface area contributed by atoms with Crippen LogP contribution in [0, 0.1) is 33.1 Å². The summed E-state index contributed by atoms with van der Waals surface area (Å²) >= 11 is 1.94. The number of benzene rings is 4. The van der Waals surface area contributed by atoms with Crippen LogP contribution in [0.5, 0.6) is 11.5 Å². The maximum Gasteiger partial charge on any atom is 0.200 e. The number of ether oxygens (including phenoxy) is 2. The molecule has 0 bridgehead atoms. The molecule has 0 atom stereocenters. The lowest BCUT2D eigenvalue weighted by Crippen LogP contribution is -2.26. The van der Waals surface area contributed by atoms with Gasteiger partial charge in [0.15, 0.2) is 5.75 Å². The summed E-state index contributed by atoms with van der Waals surface area (Å²) in [5, 5.41) is 3.74. The van der Waals surface area contributed by atoms with Gasteiger partial charge in [0, 0.05) is 15.0 Å². The second-order valence-electron chi connectivity index (χ2n) is 14.5. The van der Waals surface area contributed by atoms with E-state index in [1.807, 2.05) is 11.3 Å². The van der Waals surface area contributed by atoms with Crippen molar-refractivity contribution >= 4 is 44.0 Å². The van der Waals surface area contributed by atoms with E-state index in [9.17, 15) is 0 Å². The summed E-state index contributed by atoms with van der Waals surface area (Å²) in [6.45, 7) is 17.0. The van der Waals surface area contributed by atoms with Crippen molar-refractivity contribution in [1.82, 2.24) is 0 Å². The van der Waals surface area contributed by atoms with E-state index < -0.39 is 0 Å². The monoisotopic (exact) mass is 665 g/mol. The smallest absolute Gasteiger partial charge is 0.200 e. The molecule has 0 spiro atoms. The number of fused-ring (bicyclic) bond motifs is 3. The van der Waals surface area contributed by atoms with Gasteiger partial charge < -0.3 is 14.4 Å². The number of hydrogen-bond donors (Lipinski definition) is 0. The highest BCUT2D eigenvalue weighted by atomic mass is 32.1. The van der Waals surface area contributed by atoms with E-state index in [0.717, 1.165) is 47.7 Å². The van der Waals surface area contributed by atoms with E-state index in [0.29, 0.717) is 13.2 Å². The Kier molecular flexibility index (Phi) is 9.02.